The first-order chi connectivity index (χ1) is 10.7. The van der Waals surface area contributed by atoms with E-state index in [2.05, 4.69) is 15.1 Å². The molecule has 0 aliphatic rings. The number of carbonyl (C=O) groups is 1. The first-order valence-electron chi connectivity index (χ1n) is 7.00. The van der Waals surface area contributed by atoms with E-state index in [9.17, 15) is 4.79 Å². The highest BCUT2D eigenvalue weighted by molar-refractivity contribution is 5.99. The number of amides is 1. The SMILES string of the molecule is CCN(CC)C(=O)c1cnc(N)n2nc(-c3ccco3)nc12. The van der Waals surface area contributed by atoms with Gasteiger partial charge in [-0.25, -0.2) is 9.97 Å². The fraction of sp³-hybridized carbons (Fsp3) is 0.286. The average Bonchev–Trinajstić information content (AvgIpc) is 3.18. The Bertz CT molecular complexity index is 804. The molecule has 3 aromatic heterocycles. The summed E-state index contributed by atoms with van der Waals surface area (Å²) < 4.78 is 6.64. The van der Waals surface area contributed by atoms with Gasteiger partial charge in [0, 0.05) is 19.3 Å². The highest BCUT2D eigenvalue weighted by Gasteiger charge is 2.21. The van der Waals surface area contributed by atoms with E-state index in [1.165, 1.54) is 17.0 Å². The zero-order valence-electron chi connectivity index (χ0n) is 12.4. The third-order valence-electron chi connectivity index (χ3n) is 3.41. The van der Waals surface area contributed by atoms with Crippen molar-refractivity contribution in [2.45, 2.75) is 13.8 Å². The highest BCUT2D eigenvalue weighted by atomic mass is 16.3. The van der Waals surface area contributed by atoms with Crippen molar-refractivity contribution >= 4 is 17.5 Å². The molecule has 8 nitrogen and oxygen atoms in total. The minimum atomic E-state index is -0.152. The van der Waals surface area contributed by atoms with Gasteiger partial charge in [-0.1, -0.05) is 0 Å². The zero-order chi connectivity index (χ0) is 15.7. The molecule has 0 saturated heterocycles. The molecule has 22 heavy (non-hydrogen) atoms. The van der Waals surface area contributed by atoms with Crippen LogP contribution < -0.4 is 5.73 Å². The molecular weight excluding hydrogens is 284 g/mol. The van der Waals surface area contributed by atoms with E-state index in [1.54, 1.807) is 17.0 Å². The second-order valence-corrected chi connectivity index (χ2v) is 4.66. The fourth-order valence-electron chi connectivity index (χ4n) is 2.23. The summed E-state index contributed by atoms with van der Waals surface area (Å²) in [4.78, 5) is 22.7. The fourth-order valence-corrected chi connectivity index (χ4v) is 2.23. The summed E-state index contributed by atoms with van der Waals surface area (Å²) in [6.07, 6.45) is 2.97. The molecule has 0 aliphatic heterocycles. The molecule has 0 fully saturated rings. The van der Waals surface area contributed by atoms with Gasteiger partial charge in [0.05, 0.1) is 6.26 Å². The Morgan fingerprint density at radius 2 is 2.18 bits per heavy atom. The van der Waals surface area contributed by atoms with Crippen LogP contribution in [0, 0.1) is 0 Å². The normalized spacial score (nSPS) is 11.0. The molecule has 1 amide bonds. The Labute approximate surface area is 126 Å². The predicted molar refractivity (Wildman–Crippen MR) is 80.1 cm³/mol. The van der Waals surface area contributed by atoms with Crippen molar-refractivity contribution in [1.29, 1.82) is 0 Å². The van der Waals surface area contributed by atoms with Crippen LogP contribution in [0.1, 0.15) is 24.2 Å². The first kappa shape index (κ1) is 14.1. The van der Waals surface area contributed by atoms with Crippen LogP contribution in [0.15, 0.2) is 29.0 Å². The van der Waals surface area contributed by atoms with Gasteiger partial charge >= 0.3 is 0 Å². The molecule has 0 saturated carbocycles. The predicted octanol–water partition coefficient (Wildman–Crippen LogP) is 1.45. The van der Waals surface area contributed by atoms with Gasteiger partial charge in [-0.15, -0.1) is 5.10 Å². The molecular formula is C14H16N6O2. The summed E-state index contributed by atoms with van der Waals surface area (Å²) in [5, 5.41) is 4.26. The van der Waals surface area contributed by atoms with E-state index in [0.29, 0.717) is 35.9 Å². The number of aromatic nitrogens is 4. The van der Waals surface area contributed by atoms with Crippen molar-refractivity contribution in [3.8, 4) is 11.6 Å². The van der Waals surface area contributed by atoms with Crippen LogP contribution in [0.3, 0.4) is 0 Å². The standard InChI is InChI=1S/C14H16N6O2/c1-3-19(4-2)13(21)9-8-16-14(15)20-12(9)17-11(18-20)10-6-5-7-22-10/h5-8H,3-4H2,1-2H3,(H2,15,16). The molecule has 0 unspecified atom stereocenters. The van der Waals surface area contributed by atoms with Gasteiger partial charge in [-0.05, 0) is 26.0 Å². The topological polar surface area (TPSA) is 103 Å². The maximum atomic E-state index is 12.6. The lowest BCUT2D eigenvalue weighted by atomic mass is 10.2. The highest BCUT2D eigenvalue weighted by Crippen LogP contribution is 2.20. The van der Waals surface area contributed by atoms with Crippen molar-refractivity contribution in [2.24, 2.45) is 0 Å². The molecule has 0 aromatic carbocycles. The summed E-state index contributed by atoms with van der Waals surface area (Å²) in [5.41, 5.74) is 6.56. The Morgan fingerprint density at radius 1 is 1.41 bits per heavy atom. The number of hydrogen-bond donors (Lipinski definition) is 1. The minimum Gasteiger partial charge on any atom is -0.461 e. The molecule has 0 atom stereocenters. The summed E-state index contributed by atoms with van der Waals surface area (Å²) in [5.74, 6) is 0.875. The van der Waals surface area contributed by atoms with Crippen LogP contribution in [0.2, 0.25) is 0 Å². The van der Waals surface area contributed by atoms with Crippen LogP contribution in [0.25, 0.3) is 17.2 Å². The minimum absolute atomic E-state index is 0.152. The van der Waals surface area contributed by atoms with Crippen LogP contribution in [-0.4, -0.2) is 43.5 Å². The molecule has 114 valence electrons. The Hall–Kier alpha value is -2.90. The molecule has 3 heterocycles. The van der Waals surface area contributed by atoms with Crippen LogP contribution in [0.4, 0.5) is 5.95 Å². The van der Waals surface area contributed by atoms with Crippen molar-refractivity contribution in [2.75, 3.05) is 18.8 Å². The van der Waals surface area contributed by atoms with E-state index in [4.69, 9.17) is 10.2 Å². The van der Waals surface area contributed by atoms with E-state index < -0.39 is 0 Å². The van der Waals surface area contributed by atoms with Gasteiger partial charge in [-0.2, -0.15) is 4.52 Å². The number of hydrogen-bond acceptors (Lipinski definition) is 6. The van der Waals surface area contributed by atoms with E-state index in [1.807, 2.05) is 13.8 Å². The number of rotatable bonds is 4. The molecule has 8 heteroatoms. The van der Waals surface area contributed by atoms with E-state index in [0.717, 1.165) is 0 Å². The Balaban J connectivity index is 2.16. The summed E-state index contributed by atoms with van der Waals surface area (Å²) >= 11 is 0. The molecule has 0 spiro atoms. The van der Waals surface area contributed by atoms with Crippen molar-refractivity contribution < 1.29 is 9.21 Å². The third-order valence-corrected chi connectivity index (χ3v) is 3.41. The van der Waals surface area contributed by atoms with Crippen LogP contribution >= 0.6 is 0 Å². The van der Waals surface area contributed by atoms with Crippen molar-refractivity contribution in [3.05, 3.63) is 30.2 Å². The molecule has 0 radical (unpaired) electrons. The van der Waals surface area contributed by atoms with Gasteiger partial charge in [0.2, 0.25) is 11.8 Å². The monoisotopic (exact) mass is 300 g/mol. The first-order valence-corrected chi connectivity index (χ1v) is 7.00. The van der Waals surface area contributed by atoms with Gasteiger partial charge in [0.25, 0.3) is 5.91 Å². The number of fused-ring (bicyclic) bond motifs is 1. The Kier molecular flexibility index (Phi) is 3.50. The van der Waals surface area contributed by atoms with E-state index in [-0.39, 0.29) is 11.9 Å². The summed E-state index contributed by atoms with van der Waals surface area (Å²) in [6, 6.07) is 3.48. The summed E-state index contributed by atoms with van der Waals surface area (Å²) in [6.45, 7) is 5.04. The Morgan fingerprint density at radius 3 is 2.82 bits per heavy atom. The maximum absolute atomic E-state index is 12.6. The second-order valence-electron chi connectivity index (χ2n) is 4.66. The molecule has 0 bridgehead atoms. The lowest BCUT2D eigenvalue weighted by molar-refractivity contribution is 0.0774. The van der Waals surface area contributed by atoms with Gasteiger partial charge in [0.15, 0.2) is 11.4 Å². The number of anilines is 1. The van der Waals surface area contributed by atoms with Gasteiger partial charge in [-0.3, -0.25) is 4.79 Å². The number of nitrogens with zero attached hydrogens (tertiary/aromatic N) is 5. The van der Waals surface area contributed by atoms with Gasteiger partial charge in [0.1, 0.15) is 5.56 Å². The summed E-state index contributed by atoms with van der Waals surface area (Å²) in [7, 11) is 0. The smallest absolute Gasteiger partial charge is 0.259 e. The zero-order valence-corrected chi connectivity index (χ0v) is 12.4. The molecule has 3 rings (SSSR count). The quantitative estimate of drug-likeness (QED) is 0.782. The van der Waals surface area contributed by atoms with Crippen molar-refractivity contribution in [1.82, 2.24) is 24.5 Å². The maximum Gasteiger partial charge on any atom is 0.259 e. The van der Waals surface area contributed by atoms with E-state index >= 15 is 0 Å². The van der Waals surface area contributed by atoms with Crippen LogP contribution in [0.5, 0.6) is 0 Å². The van der Waals surface area contributed by atoms with Crippen molar-refractivity contribution in [3.63, 3.8) is 0 Å². The number of nitrogens with two attached hydrogens (primary N) is 1. The lowest BCUT2D eigenvalue weighted by Crippen LogP contribution is -2.31. The number of nitrogen functional groups attached to an aromatic ring is 1. The van der Waals surface area contributed by atoms with Gasteiger partial charge < -0.3 is 15.1 Å². The second kappa shape index (κ2) is 5.47. The third kappa shape index (κ3) is 2.18. The molecule has 3 aromatic rings. The number of carbonyl (C=O) groups excluding carboxylic acids is 1. The van der Waals surface area contributed by atoms with Crippen LogP contribution in [-0.2, 0) is 0 Å². The lowest BCUT2D eigenvalue weighted by Gasteiger charge is -2.18. The average molecular weight is 300 g/mol. The molecule has 2 N–H and O–H groups in total. The molecule has 0 aliphatic carbocycles. The largest absolute Gasteiger partial charge is 0.461 e. The number of furan rings is 1.